The van der Waals surface area contributed by atoms with E-state index in [0.717, 1.165) is 33.5 Å². The van der Waals surface area contributed by atoms with Gasteiger partial charge in [0.2, 0.25) is 10.0 Å². The second-order valence-electron chi connectivity index (χ2n) is 8.28. The molecular weight excluding hydrogens is 486 g/mol. The van der Waals surface area contributed by atoms with Crippen molar-refractivity contribution in [3.05, 3.63) is 49.6 Å². The fraction of sp³-hybridized carbons (Fsp3) is 0.429. The Bertz CT molecular complexity index is 1350. The van der Waals surface area contributed by atoms with Gasteiger partial charge in [0.15, 0.2) is 0 Å². The number of benzene rings is 1. The lowest BCUT2D eigenvalue weighted by molar-refractivity contribution is -0.384. The van der Waals surface area contributed by atoms with Gasteiger partial charge in [-0.2, -0.15) is 4.31 Å². The fourth-order valence-electron chi connectivity index (χ4n) is 3.81. The van der Waals surface area contributed by atoms with Crippen molar-refractivity contribution in [1.29, 1.82) is 0 Å². The molecule has 0 amide bonds. The van der Waals surface area contributed by atoms with Gasteiger partial charge in [-0.25, -0.2) is 18.4 Å². The molecule has 12 heteroatoms. The van der Waals surface area contributed by atoms with Gasteiger partial charge in [0.25, 0.3) is 5.69 Å². The monoisotopic (exact) mass is 509 g/mol. The van der Waals surface area contributed by atoms with Crippen molar-refractivity contribution in [2.24, 2.45) is 0 Å². The molecule has 0 unspecified atom stereocenters. The molecule has 0 N–H and O–H groups in total. The van der Waals surface area contributed by atoms with Crippen molar-refractivity contribution >= 4 is 54.7 Å². The van der Waals surface area contributed by atoms with Crippen molar-refractivity contribution < 1.29 is 13.3 Å². The van der Waals surface area contributed by atoms with E-state index in [-0.39, 0.29) is 28.9 Å². The maximum Gasteiger partial charge on any atom is 0.289 e. The summed E-state index contributed by atoms with van der Waals surface area (Å²) in [6.45, 7) is 9.61. The molecule has 9 nitrogen and oxygen atoms in total. The Hall–Kier alpha value is -2.34. The van der Waals surface area contributed by atoms with Crippen LogP contribution in [0, 0.1) is 24.0 Å². The van der Waals surface area contributed by atoms with E-state index in [2.05, 4.69) is 18.7 Å². The molecule has 0 aliphatic carbocycles. The summed E-state index contributed by atoms with van der Waals surface area (Å²) in [5.41, 5.74) is 0.716. The number of hydrogen-bond donors (Lipinski definition) is 0. The van der Waals surface area contributed by atoms with E-state index in [1.807, 2.05) is 13.8 Å². The Kier molecular flexibility index (Phi) is 6.34. The first-order chi connectivity index (χ1) is 15.5. The van der Waals surface area contributed by atoms with E-state index in [1.54, 1.807) is 11.3 Å². The van der Waals surface area contributed by atoms with Gasteiger partial charge < -0.3 is 4.90 Å². The molecule has 33 heavy (non-hydrogen) atoms. The number of aromatic nitrogens is 2. The van der Waals surface area contributed by atoms with E-state index in [9.17, 15) is 18.5 Å². The van der Waals surface area contributed by atoms with E-state index >= 15 is 0 Å². The van der Waals surface area contributed by atoms with Crippen LogP contribution in [0.25, 0.3) is 10.2 Å². The van der Waals surface area contributed by atoms with Crippen molar-refractivity contribution in [1.82, 2.24) is 14.3 Å². The van der Waals surface area contributed by atoms with Crippen molar-refractivity contribution in [3.63, 3.8) is 0 Å². The first-order valence-corrected chi connectivity index (χ1v) is 13.1. The zero-order valence-electron chi connectivity index (χ0n) is 18.7. The van der Waals surface area contributed by atoms with Gasteiger partial charge in [-0.1, -0.05) is 25.4 Å². The van der Waals surface area contributed by atoms with Crippen LogP contribution in [0.3, 0.4) is 0 Å². The zero-order valence-corrected chi connectivity index (χ0v) is 21.1. The highest BCUT2D eigenvalue weighted by atomic mass is 35.5. The number of nitro groups is 1. The number of anilines is 1. The molecule has 176 valence electrons. The minimum Gasteiger partial charge on any atom is -0.353 e. The van der Waals surface area contributed by atoms with E-state index in [0.29, 0.717) is 13.1 Å². The summed E-state index contributed by atoms with van der Waals surface area (Å²) in [6.07, 6.45) is 0. The van der Waals surface area contributed by atoms with Crippen LogP contribution in [0.5, 0.6) is 0 Å². The Labute approximate surface area is 201 Å². The minimum absolute atomic E-state index is 0.0982. The second-order valence-corrected chi connectivity index (χ2v) is 11.8. The number of piperazine rings is 1. The van der Waals surface area contributed by atoms with Gasteiger partial charge in [-0.3, -0.25) is 10.1 Å². The van der Waals surface area contributed by atoms with E-state index in [4.69, 9.17) is 21.6 Å². The molecule has 1 aliphatic rings. The quantitative estimate of drug-likeness (QED) is 0.367. The van der Waals surface area contributed by atoms with E-state index in [1.165, 1.54) is 21.3 Å². The minimum atomic E-state index is -3.90. The molecule has 1 aromatic carbocycles. The van der Waals surface area contributed by atoms with E-state index < -0.39 is 20.6 Å². The molecule has 3 aromatic rings. The lowest BCUT2D eigenvalue weighted by atomic mass is 10.1. The van der Waals surface area contributed by atoms with Crippen LogP contribution in [0.1, 0.15) is 36.0 Å². The van der Waals surface area contributed by atoms with Gasteiger partial charge in [0.1, 0.15) is 21.5 Å². The summed E-state index contributed by atoms with van der Waals surface area (Å²) < 4.78 is 27.6. The maximum atomic E-state index is 13.1. The van der Waals surface area contributed by atoms with Crippen molar-refractivity contribution in [2.45, 2.75) is 38.5 Å². The molecule has 1 fully saturated rings. The average Bonchev–Trinajstić information content (AvgIpc) is 3.06. The summed E-state index contributed by atoms with van der Waals surface area (Å²) in [7, 11) is -3.90. The molecule has 3 heterocycles. The van der Waals surface area contributed by atoms with Gasteiger partial charge in [-0.15, -0.1) is 11.3 Å². The Morgan fingerprint density at radius 3 is 2.42 bits per heavy atom. The average molecular weight is 510 g/mol. The number of sulfonamides is 1. The van der Waals surface area contributed by atoms with Crippen LogP contribution in [-0.2, 0) is 10.0 Å². The number of hydrogen-bond acceptors (Lipinski definition) is 8. The highest BCUT2D eigenvalue weighted by Gasteiger charge is 2.32. The lowest BCUT2D eigenvalue weighted by Gasteiger charge is -2.35. The number of halogens is 1. The topological polar surface area (TPSA) is 110 Å². The summed E-state index contributed by atoms with van der Waals surface area (Å²) in [6, 6.07) is 3.57. The van der Waals surface area contributed by atoms with Gasteiger partial charge in [0, 0.05) is 43.0 Å². The molecule has 0 radical (unpaired) electrons. The van der Waals surface area contributed by atoms with Crippen LogP contribution in [-0.4, -0.2) is 53.8 Å². The smallest absolute Gasteiger partial charge is 0.289 e. The van der Waals surface area contributed by atoms with Crippen LogP contribution in [0.4, 0.5) is 11.5 Å². The molecule has 2 aromatic heterocycles. The Morgan fingerprint density at radius 1 is 1.15 bits per heavy atom. The maximum absolute atomic E-state index is 13.1. The third-order valence-corrected chi connectivity index (χ3v) is 9.15. The highest BCUT2D eigenvalue weighted by molar-refractivity contribution is 7.89. The summed E-state index contributed by atoms with van der Waals surface area (Å²) >= 11 is 7.49. The Balaban J connectivity index is 1.63. The molecule has 0 spiro atoms. The molecule has 0 bridgehead atoms. The van der Waals surface area contributed by atoms with Crippen LogP contribution < -0.4 is 4.90 Å². The van der Waals surface area contributed by atoms with Gasteiger partial charge in [-0.05, 0) is 31.5 Å². The van der Waals surface area contributed by atoms with Crippen LogP contribution in [0.2, 0.25) is 5.02 Å². The molecule has 1 aliphatic heterocycles. The summed E-state index contributed by atoms with van der Waals surface area (Å²) in [4.78, 5) is 24.2. The predicted molar refractivity (Wildman–Crippen MR) is 130 cm³/mol. The number of aryl methyl sites for hydroxylation is 2. The largest absolute Gasteiger partial charge is 0.353 e. The van der Waals surface area contributed by atoms with Crippen LogP contribution in [0.15, 0.2) is 23.1 Å². The van der Waals surface area contributed by atoms with Gasteiger partial charge in [0.05, 0.1) is 15.2 Å². The molecule has 1 saturated heterocycles. The van der Waals surface area contributed by atoms with Gasteiger partial charge >= 0.3 is 0 Å². The third kappa shape index (κ3) is 4.30. The highest BCUT2D eigenvalue weighted by Crippen LogP contribution is 2.36. The van der Waals surface area contributed by atoms with Crippen LogP contribution >= 0.6 is 22.9 Å². The standard InChI is InChI=1S/C21H24ClN5O4S2/c1-12(2)19-23-20(18-13(3)14(4)32-21(18)24-19)25-7-9-26(10-8-25)33(30,31)15-5-6-16(22)17(11-15)27(28)29/h5-6,11-12H,7-10H2,1-4H3. The number of rotatable bonds is 5. The number of thiophene rings is 1. The number of fused-ring (bicyclic) bond motifs is 1. The third-order valence-electron chi connectivity index (χ3n) is 5.83. The zero-order chi connectivity index (χ0) is 24.1. The Morgan fingerprint density at radius 2 is 1.82 bits per heavy atom. The molecule has 0 atom stereocenters. The SMILES string of the molecule is Cc1sc2nc(C(C)C)nc(N3CCN(S(=O)(=O)c4ccc(Cl)c([N+](=O)[O-])c4)CC3)c2c1C. The first kappa shape index (κ1) is 23.8. The lowest BCUT2D eigenvalue weighted by Crippen LogP contribution is -2.49. The second kappa shape index (κ2) is 8.79. The van der Waals surface area contributed by atoms with Crippen molar-refractivity contribution in [2.75, 3.05) is 31.1 Å². The number of nitrogens with zero attached hydrogens (tertiary/aromatic N) is 5. The van der Waals surface area contributed by atoms with Crippen molar-refractivity contribution in [3.8, 4) is 0 Å². The predicted octanol–water partition coefficient (Wildman–Crippen LogP) is 4.50. The number of nitro benzene ring substituents is 1. The normalized spacial score (nSPS) is 15.5. The molecular formula is C21H24ClN5O4S2. The summed E-state index contributed by atoms with van der Waals surface area (Å²) in [5, 5.41) is 12.1. The molecule has 0 saturated carbocycles. The molecule has 4 rings (SSSR count). The summed E-state index contributed by atoms with van der Waals surface area (Å²) in [5.74, 6) is 1.77. The first-order valence-electron chi connectivity index (χ1n) is 10.5. The fourth-order valence-corrected chi connectivity index (χ4v) is 6.47.